The molecule has 0 aliphatic heterocycles. The summed E-state index contributed by atoms with van der Waals surface area (Å²) in [5.41, 5.74) is 8.44. The van der Waals surface area contributed by atoms with Gasteiger partial charge in [-0.05, 0) is 29.5 Å². The third-order valence-corrected chi connectivity index (χ3v) is 3.86. The molecule has 0 atom stereocenters. The molecule has 0 saturated carbocycles. The number of hydrogen-bond acceptors (Lipinski definition) is 3. The number of nitrogens with one attached hydrogen (secondary N) is 1. The van der Waals surface area contributed by atoms with Gasteiger partial charge >= 0.3 is 0 Å². The van der Waals surface area contributed by atoms with Crippen LogP contribution in [0.3, 0.4) is 0 Å². The molecule has 0 saturated heterocycles. The lowest BCUT2D eigenvalue weighted by Crippen LogP contribution is -2.23. The van der Waals surface area contributed by atoms with Crippen molar-refractivity contribution in [3.05, 3.63) is 65.2 Å². The van der Waals surface area contributed by atoms with Crippen LogP contribution in [0.1, 0.15) is 21.5 Å². The summed E-state index contributed by atoms with van der Waals surface area (Å²) < 4.78 is 0. The summed E-state index contributed by atoms with van der Waals surface area (Å²) in [5, 5.41) is 2.94. The quantitative estimate of drug-likeness (QED) is 0.831. The molecule has 2 rings (SSSR count). The van der Waals surface area contributed by atoms with E-state index in [1.54, 1.807) is 11.8 Å². The number of carbonyl (C=O) groups is 1. The van der Waals surface area contributed by atoms with E-state index in [1.807, 2.05) is 54.8 Å². The molecule has 2 aromatic rings. The van der Waals surface area contributed by atoms with Crippen LogP contribution in [0.25, 0.3) is 0 Å². The highest BCUT2D eigenvalue weighted by atomic mass is 32.2. The Morgan fingerprint density at radius 3 is 2.40 bits per heavy atom. The first-order chi connectivity index (χ1) is 9.74. The Hall–Kier alpha value is -1.78. The van der Waals surface area contributed by atoms with Gasteiger partial charge in [0.15, 0.2) is 0 Å². The number of hydrogen-bond donors (Lipinski definition) is 2. The predicted molar refractivity (Wildman–Crippen MR) is 83.7 cm³/mol. The fourth-order valence-electron chi connectivity index (χ4n) is 1.90. The summed E-state index contributed by atoms with van der Waals surface area (Å²) in [4.78, 5) is 13.2. The summed E-state index contributed by atoms with van der Waals surface area (Å²) >= 11 is 1.58. The van der Waals surface area contributed by atoms with Gasteiger partial charge < -0.3 is 11.1 Å². The molecule has 104 valence electrons. The summed E-state index contributed by atoms with van der Waals surface area (Å²) in [7, 11) is 0. The van der Waals surface area contributed by atoms with Crippen molar-refractivity contribution >= 4 is 17.7 Å². The maximum atomic E-state index is 12.2. The Morgan fingerprint density at radius 1 is 1.10 bits per heavy atom. The first-order valence-corrected chi connectivity index (χ1v) is 7.66. The van der Waals surface area contributed by atoms with Gasteiger partial charge in [-0.2, -0.15) is 0 Å². The van der Waals surface area contributed by atoms with Crippen molar-refractivity contribution in [2.45, 2.75) is 18.0 Å². The second kappa shape index (κ2) is 7.12. The van der Waals surface area contributed by atoms with Gasteiger partial charge in [-0.15, -0.1) is 11.8 Å². The van der Waals surface area contributed by atoms with Crippen molar-refractivity contribution in [1.29, 1.82) is 0 Å². The molecule has 20 heavy (non-hydrogen) atoms. The maximum absolute atomic E-state index is 12.2. The molecule has 0 aliphatic rings. The average Bonchev–Trinajstić information content (AvgIpc) is 2.53. The lowest BCUT2D eigenvalue weighted by atomic mass is 10.1. The van der Waals surface area contributed by atoms with Crippen molar-refractivity contribution in [3.63, 3.8) is 0 Å². The minimum atomic E-state index is -0.0437. The summed E-state index contributed by atoms with van der Waals surface area (Å²) in [6.45, 7) is 1.06. The Balaban J connectivity index is 2.01. The van der Waals surface area contributed by atoms with Crippen LogP contribution in [0.2, 0.25) is 0 Å². The Morgan fingerprint density at radius 2 is 1.75 bits per heavy atom. The van der Waals surface area contributed by atoms with Crippen molar-refractivity contribution in [2.24, 2.45) is 5.73 Å². The molecule has 1 amide bonds. The van der Waals surface area contributed by atoms with Crippen LogP contribution >= 0.6 is 11.8 Å². The first-order valence-electron chi connectivity index (χ1n) is 6.43. The van der Waals surface area contributed by atoms with Gasteiger partial charge in [-0.25, -0.2) is 0 Å². The van der Waals surface area contributed by atoms with Crippen LogP contribution in [-0.2, 0) is 13.1 Å². The highest BCUT2D eigenvalue weighted by Crippen LogP contribution is 2.19. The summed E-state index contributed by atoms with van der Waals surface area (Å²) in [6, 6.07) is 15.6. The number of benzene rings is 2. The topological polar surface area (TPSA) is 55.1 Å². The van der Waals surface area contributed by atoms with Gasteiger partial charge in [0.1, 0.15) is 0 Å². The van der Waals surface area contributed by atoms with E-state index >= 15 is 0 Å². The van der Waals surface area contributed by atoms with Crippen LogP contribution in [0.5, 0.6) is 0 Å². The Labute approximate surface area is 123 Å². The second-order valence-corrected chi connectivity index (χ2v) is 5.25. The van der Waals surface area contributed by atoms with Crippen LogP contribution < -0.4 is 11.1 Å². The molecule has 0 spiro atoms. The summed E-state index contributed by atoms with van der Waals surface area (Å²) in [6.07, 6.45) is 1.97. The molecule has 0 aliphatic carbocycles. The molecule has 4 heteroatoms. The van der Waals surface area contributed by atoms with E-state index in [4.69, 9.17) is 5.73 Å². The fraction of sp³-hybridized carbons (Fsp3) is 0.188. The smallest absolute Gasteiger partial charge is 0.252 e. The van der Waals surface area contributed by atoms with E-state index in [1.165, 1.54) is 0 Å². The molecule has 0 radical (unpaired) electrons. The zero-order chi connectivity index (χ0) is 14.4. The third-order valence-electron chi connectivity index (χ3n) is 3.06. The summed E-state index contributed by atoms with van der Waals surface area (Å²) in [5.74, 6) is -0.0437. The van der Waals surface area contributed by atoms with E-state index in [-0.39, 0.29) is 5.91 Å². The lowest BCUT2D eigenvalue weighted by molar-refractivity contribution is 0.0948. The number of thioether (sulfide) groups is 1. The van der Waals surface area contributed by atoms with E-state index in [9.17, 15) is 4.79 Å². The SMILES string of the molecule is CSc1ccccc1C(=O)NCc1ccc(CN)cc1. The van der Waals surface area contributed by atoms with Gasteiger partial charge in [0, 0.05) is 18.0 Å². The predicted octanol–water partition coefficient (Wildman–Crippen LogP) is 2.80. The van der Waals surface area contributed by atoms with Gasteiger partial charge in [0.2, 0.25) is 0 Å². The molecule has 0 bridgehead atoms. The van der Waals surface area contributed by atoms with E-state index in [2.05, 4.69) is 5.32 Å². The van der Waals surface area contributed by atoms with E-state index in [0.717, 1.165) is 21.6 Å². The lowest BCUT2D eigenvalue weighted by Gasteiger charge is -2.09. The van der Waals surface area contributed by atoms with Gasteiger partial charge in [0.05, 0.1) is 5.56 Å². The van der Waals surface area contributed by atoms with E-state index < -0.39 is 0 Å². The van der Waals surface area contributed by atoms with Gasteiger partial charge in [0.25, 0.3) is 5.91 Å². The van der Waals surface area contributed by atoms with Crippen molar-refractivity contribution in [1.82, 2.24) is 5.32 Å². The number of amides is 1. The number of nitrogens with two attached hydrogens (primary N) is 1. The third kappa shape index (κ3) is 3.62. The molecule has 0 heterocycles. The van der Waals surface area contributed by atoms with Crippen LogP contribution in [0.4, 0.5) is 0 Å². The normalized spacial score (nSPS) is 10.3. The highest BCUT2D eigenvalue weighted by molar-refractivity contribution is 7.98. The maximum Gasteiger partial charge on any atom is 0.252 e. The van der Waals surface area contributed by atoms with Crippen molar-refractivity contribution < 1.29 is 4.79 Å². The van der Waals surface area contributed by atoms with E-state index in [0.29, 0.717) is 13.1 Å². The molecule has 0 aromatic heterocycles. The van der Waals surface area contributed by atoms with Gasteiger partial charge in [-0.3, -0.25) is 4.79 Å². The molecule has 3 N–H and O–H groups in total. The molecule has 3 nitrogen and oxygen atoms in total. The molecule has 0 unspecified atom stereocenters. The average molecular weight is 286 g/mol. The molecule has 0 fully saturated rings. The van der Waals surface area contributed by atoms with Crippen molar-refractivity contribution in [3.8, 4) is 0 Å². The van der Waals surface area contributed by atoms with Crippen LogP contribution in [0, 0.1) is 0 Å². The molecular weight excluding hydrogens is 268 g/mol. The fourth-order valence-corrected chi connectivity index (χ4v) is 2.50. The minimum absolute atomic E-state index is 0.0437. The molecular formula is C16H18N2OS. The van der Waals surface area contributed by atoms with Crippen molar-refractivity contribution in [2.75, 3.05) is 6.26 Å². The highest BCUT2D eigenvalue weighted by Gasteiger charge is 2.09. The number of rotatable bonds is 5. The second-order valence-electron chi connectivity index (χ2n) is 4.40. The largest absolute Gasteiger partial charge is 0.348 e. The standard InChI is InChI=1S/C16H18N2OS/c1-20-15-5-3-2-4-14(15)16(19)18-11-13-8-6-12(10-17)7-9-13/h2-9H,10-11,17H2,1H3,(H,18,19). The monoisotopic (exact) mass is 286 g/mol. The zero-order valence-corrected chi connectivity index (χ0v) is 12.2. The first kappa shape index (κ1) is 14.6. The number of carbonyl (C=O) groups excluding carboxylic acids is 1. The Bertz CT molecular complexity index is 581. The zero-order valence-electron chi connectivity index (χ0n) is 11.4. The van der Waals surface area contributed by atoms with Crippen LogP contribution in [0.15, 0.2) is 53.4 Å². The minimum Gasteiger partial charge on any atom is -0.348 e. The van der Waals surface area contributed by atoms with Gasteiger partial charge in [-0.1, -0.05) is 36.4 Å². The molecule has 2 aromatic carbocycles. The van der Waals surface area contributed by atoms with Crippen LogP contribution in [-0.4, -0.2) is 12.2 Å². The Kier molecular flexibility index (Phi) is 5.21.